The van der Waals surface area contributed by atoms with Gasteiger partial charge in [-0.05, 0) is 35.2 Å². The van der Waals surface area contributed by atoms with E-state index in [1.165, 1.54) is 16.7 Å². The highest BCUT2D eigenvalue weighted by molar-refractivity contribution is 5.42. The summed E-state index contributed by atoms with van der Waals surface area (Å²) in [5, 5.41) is 0. The summed E-state index contributed by atoms with van der Waals surface area (Å²) in [5.41, 5.74) is 10.3. The first-order valence-corrected chi connectivity index (χ1v) is 6.27. The minimum absolute atomic E-state index is 0.106. The Morgan fingerprint density at radius 2 is 1.78 bits per heavy atom. The first kappa shape index (κ1) is 11.3. The highest BCUT2D eigenvalue weighted by Crippen LogP contribution is 2.40. The van der Waals surface area contributed by atoms with Gasteiger partial charge < -0.3 is 10.5 Å². The second-order valence-electron chi connectivity index (χ2n) is 4.81. The molecule has 2 aromatic rings. The summed E-state index contributed by atoms with van der Waals surface area (Å²) in [6.45, 7) is 0. The molecule has 2 atom stereocenters. The number of ether oxygens (including phenoxy) is 1. The fourth-order valence-electron chi connectivity index (χ4n) is 2.80. The molecule has 0 spiro atoms. The average molecular weight is 239 g/mol. The van der Waals surface area contributed by atoms with Crippen LogP contribution in [0.3, 0.4) is 0 Å². The Kier molecular flexibility index (Phi) is 2.80. The number of rotatable bonds is 2. The van der Waals surface area contributed by atoms with Crippen LogP contribution in [0, 0.1) is 0 Å². The number of nitrogens with two attached hydrogens (primary N) is 1. The van der Waals surface area contributed by atoms with Gasteiger partial charge in [-0.3, -0.25) is 0 Å². The van der Waals surface area contributed by atoms with Crippen molar-refractivity contribution in [3.63, 3.8) is 0 Å². The molecule has 1 aliphatic carbocycles. The van der Waals surface area contributed by atoms with E-state index in [-0.39, 0.29) is 6.04 Å². The van der Waals surface area contributed by atoms with Crippen molar-refractivity contribution in [2.75, 3.05) is 7.11 Å². The molecule has 2 N–H and O–H groups in total. The van der Waals surface area contributed by atoms with E-state index in [1.54, 1.807) is 7.11 Å². The van der Waals surface area contributed by atoms with Crippen molar-refractivity contribution in [1.29, 1.82) is 0 Å². The van der Waals surface area contributed by atoms with Gasteiger partial charge in [0.05, 0.1) is 7.11 Å². The smallest absolute Gasteiger partial charge is 0.118 e. The number of methoxy groups -OCH3 is 1. The number of fused-ring (bicyclic) bond motifs is 1. The van der Waals surface area contributed by atoms with Gasteiger partial charge in [-0.25, -0.2) is 0 Å². The fourth-order valence-corrected chi connectivity index (χ4v) is 2.80. The summed E-state index contributed by atoms with van der Waals surface area (Å²) in [6, 6.07) is 16.8. The molecule has 0 saturated heterocycles. The maximum atomic E-state index is 6.36. The Morgan fingerprint density at radius 1 is 1.06 bits per heavy atom. The van der Waals surface area contributed by atoms with Crippen LogP contribution >= 0.6 is 0 Å². The molecule has 0 fully saturated rings. The molecular formula is C16H17NO. The molecule has 0 unspecified atom stereocenters. The number of hydrogen-bond acceptors (Lipinski definition) is 2. The zero-order chi connectivity index (χ0) is 12.5. The summed E-state index contributed by atoms with van der Waals surface area (Å²) in [7, 11) is 1.69. The minimum atomic E-state index is 0.106. The lowest BCUT2D eigenvalue weighted by Gasteiger charge is -2.16. The van der Waals surface area contributed by atoms with Crippen LogP contribution in [0.2, 0.25) is 0 Å². The molecule has 2 heteroatoms. The first-order valence-electron chi connectivity index (χ1n) is 6.27. The quantitative estimate of drug-likeness (QED) is 0.874. The summed E-state index contributed by atoms with van der Waals surface area (Å²) < 4.78 is 5.19. The van der Waals surface area contributed by atoms with Crippen LogP contribution in [0.15, 0.2) is 48.5 Å². The third-order valence-corrected chi connectivity index (χ3v) is 3.83. The van der Waals surface area contributed by atoms with E-state index < -0.39 is 0 Å². The number of benzene rings is 2. The third-order valence-electron chi connectivity index (χ3n) is 3.83. The molecule has 0 radical (unpaired) electrons. The fraction of sp³-hybridized carbons (Fsp3) is 0.250. The molecule has 0 heterocycles. The van der Waals surface area contributed by atoms with Gasteiger partial charge in [-0.2, -0.15) is 0 Å². The molecule has 2 nitrogen and oxygen atoms in total. The summed E-state index contributed by atoms with van der Waals surface area (Å²) >= 11 is 0. The van der Waals surface area contributed by atoms with E-state index in [2.05, 4.69) is 36.4 Å². The van der Waals surface area contributed by atoms with Gasteiger partial charge in [0.1, 0.15) is 5.75 Å². The van der Waals surface area contributed by atoms with Crippen molar-refractivity contribution in [1.82, 2.24) is 0 Å². The normalized spacial score (nSPS) is 21.7. The molecule has 1 aliphatic rings. The molecule has 2 aromatic carbocycles. The van der Waals surface area contributed by atoms with E-state index in [0.717, 1.165) is 12.2 Å². The van der Waals surface area contributed by atoms with Crippen molar-refractivity contribution < 1.29 is 4.74 Å². The highest BCUT2D eigenvalue weighted by atomic mass is 16.5. The van der Waals surface area contributed by atoms with Gasteiger partial charge in [0.2, 0.25) is 0 Å². The molecule has 92 valence electrons. The van der Waals surface area contributed by atoms with Crippen LogP contribution in [0.5, 0.6) is 5.75 Å². The lowest BCUT2D eigenvalue weighted by atomic mass is 9.93. The average Bonchev–Trinajstić information content (AvgIpc) is 2.77. The second kappa shape index (κ2) is 4.46. The van der Waals surface area contributed by atoms with Crippen LogP contribution < -0.4 is 10.5 Å². The second-order valence-corrected chi connectivity index (χ2v) is 4.81. The molecule has 3 rings (SSSR count). The van der Waals surface area contributed by atoms with E-state index in [4.69, 9.17) is 10.5 Å². The van der Waals surface area contributed by atoms with E-state index in [0.29, 0.717) is 5.92 Å². The first-order chi connectivity index (χ1) is 8.79. The van der Waals surface area contributed by atoms with Crippen LogP contribution in [0.25, 0.3) is 0 Å². The topological polar surface area (TPSA) is 35.2 Å². The maximum absolute atomic E-state index is 6.36. The van der Waals surface area contributed by atoms with Crippen LogP contribution in [-0.4, -0.2) is 7.11 Å². The predicted molar refractivity (Wildman–Crippen MR) is 72.8 cm³/mol. The van der Waals surface area contributed by atoms with Crippen molar-refractivity contribution in [2.45, 2.75) is 18.4 Å². The van der Waals surface area contributed by atoms with E-state index in [9.17, 15) is 0 Å². The Bertz CT molecular complexity index is 547. The largest absolute Gasteiger partial charge is 0.497 e. The summed E-state index contributed by atoms with van der Waals surface area (Å²) in [4.78, 5) is 0. The molecule has 18 heavy (non-hydrogen) atoms. The van der Waals surface area contributed by atoms with Crippen molar-refractivity contribution in [3.8, 4) is 5.75 Å². The van der Waals surface area contributed by atoms with Gasteiger partial charge >= 0.3 is 0 Å². The van der Waals surface area contributed by atoms with Crippen LogP contribution in [-0.2, 0) is 6.42 Å². The monoisotopic (exact) mass is 239 g/mol. The van der Waals surface area contributed by atoms with Crippen LogP contribution in [0.4, 0.5) is 0 Å². The van der Waals surface area contributed by atoms with E-state index in [1.807, 2.05) is 12.1 Å². The molecule has 0 aliphatic heterocycles. The Labute approximate surface area is 107 Å². The van der Waals surface area contributed by atoms with Crippen molar-refractivity contribution >= 4 is 0 Å². The highest BCUT2D eigenvalue weighted by Gasteiger charge is 2.30. The lowest BCUT2D eigenvalue weighted by molar-refractivity contribution is 0.414. The molecular weight excluding hydrogens is 222 g/mol. The van der Waals surface area contributed by atoms with Gasteiger partial charge in [0, 0.05) is 12.0 Å². The summed E-state index contributed by atoms with van der Waals surface area (Å²) in [6.07, 6.45) is 1.03. The van der Waals surface area contributed by atoms with Gasteiger partial charge in [-0.1, -0.05) is 36.4 Å². The Morgan fingerprint density at radius 3 is 2.44 bits per heavy atom. The zero-order valence-electron chi connectivity index (χ0n) is 10.5. The molecule has 0 amide bonds. The SMILES string of the molecule is COc1ccc([C@H]2Cc3ccccc3[C@H]2N)cc1. The molecule has 0 bridgehead atoms. The standard InChI is InChI=1S/C16H17NO/c1-18-13-8-6-11(7-9-13)15-10-12-4-2-3-5-14(12)16(15)17/h2-9,15-16H,10,17H2,1H3/t15-,16-/m1/s1. The van der Waals surface area contributed by atoms with Gasteiger partial charge in [0.15, 0.2) is 0 Å². The number of hydrogen-bond donors (Lipinski definition) is 1. The van der Waals surface area contributed by atoms with Crippen molar-refractivity contribution in [3.05, 3.63) is 65.2 Å². The summed E-state index contributed by atoms with van der Waals surface area (Å²) in [5.74, 6) is 1.27. The third kappa shape index (κ3) is 1.79. The van der Waals surface area contributed by atoms with Crippen LogP contribution in [0.1, 0.15) is 28.7 Å². The van der Waals surface area contributed by atoms with Crippen molar-refractivity contribution in [2.24, 2.45) is 5.73 Å². The lowest BCUT2D eigenvalue weighted by Crippen LogP contribution is -2.15. The minimum Gasteiger partial charge on any atom is -0.497 e. The molecule has 0 aromatic heterocycles. The Balaban J connectivity index is 1.91. The predicted octanol–water partition coefficient (Wildman–Crippen LogP) is 3.03. The van der Waals surface area contributed by atoms with Gasteiger partial charge in [0.25, 0.3) is 0 Å². The van der Waals surface area contributed by atoms with E-state index >= 15 is 0 Å². The zero-order valence-corrected chi connectivity index (χ0v) is 10.5. The Hall–Kier alpha value is -1.80. The molecule has 0 saturated carbocycles. The van der Waals surface area contributed by atoms with Gasteiger partial charge in [-0.15, -0.1) is 0 Å². The maximum Gasteiger partial charge on any atom is 0.118 e.